The second-order valence-electron chi connectivity index (χ2n) is 4.52. The molecular formula is C15H16BrClN2. The topological polar surface area (TPSA) is 38.0 Å². The van der Waals surface area contributed by atoms with Crippen LogP contribution in [0.15, 0.2) is 46.9 Å². The van der Waals surface area contributed by atoms with Crippen LogP contribution in [0.2, 0.25) is 5.02 Å². The smallest absolute Gasteiger partial charge is 0.0515 e. The van der Waals surface area contributed by atoms with Gasteiger partial charge in [-0.2, -0.15) is 0 Å². The van der Waals surface area contributed by atoms with E-state index in [0.29, 0.717) is 5.02 Å². The molecule has 19 heavy (non-hydrogen) atoms. The quantitative estimate of drug-likeness (QED) is 0.648. The van der Waals surface area contributed by atoms with E-state index in [9.17, 15) is 0 Å². The van der Waals surface area contributed by atoms with Crippen molar-refractivity contribution < 1.29 is 0 Å². The molecule has 2 rings (SSSR count). The van der Waals surface area contributed by atoms with Crippen LogP contribution in [-0.2, 0) is 6.42 Å². The highest BCUT2D eigenvalue weighted by Gasteiger charge is 2.15. The van der Waals surface area contributed by atoms with Crippen molar-refractivity contribution in [3.63, 3.8) is 0 Å². The third-order valence-electron chi connectivity index (χ3n) is 3.22. The summed E-state index contributed by atoms with van der Waals surface area (Å²) in [6.07, 6.45) is 0.810. The molecule has 1 atom stereocenters. The summed E-state index contributed by atoms with van der Waals surface area (Å²) in [6, 6.07) is 14.2. The van der Waals surface area contributed by atoms with E-state index in [4.69, 9.17) is 17.4 Å². The second kappa shape index (κ2) is 6.53. The largest absolute Gasteiger partial charge is 0.271 e. The number of benzene rings is 2. The maximum Gasteiger partial charge on any atom is 0.0515 e. The van der Waals surface area contributed by atoms with Crippen molar-refractivity contribution in [1.82, 2.24) is 5.43 Å². The standard InChI is InChI=1S/C15H16BrClN2/c1-10-4-2-3-5-11(10)8-15(19-18)13-7-6-12(16)9-14(13)17/h2-7,9,15,19H,8,18H2,1H3. The minimum absolute atomic E-state index is 0.00157. The Labute approximate surface area is 127 Å². The number of hydrogen-bond acceptors (Lipinski definition) is 2. The van der Waals surface area contributed by atoms with Gasteiger partial charge in [0.15, 0.2) is 0 Å². The van der Waals surface area contributed by atoms with Crippen LogP contribution in [0.1, 0.15) is 22.7 Å². The van der Waals surface area contributed by atoms with E-state index < -0.39 is 0 Å². The Morgan fingerprint density at radius 2 is 2.00 bits per heavy atom. The molecule has 0 spiro atoms. The third kappa shape index (κ3) is 3.57. The predicted octanol–water partition coefficient (Wildman–Crippen LogP) is 4.16. The van der Waals surface area contributed by atoms with Crippen LogP contribution < -0.4 is 11.3 Å². The van der Waals surface area contributed by atoms with E-state index in [1.807, 2.05) is 30.3 Å². The number of halogens is 2. The molecule has 1 unspecified atom stereocenters. The van der Waals surface area contributed by atoms with E-state index in [-0.39, 0.29) is 6.04 Å². The fourth-order valence-electron chi connectivity index (χ4n) is 2.10. The molecule has 4 heteroatoms. The normalized spacial score (nSPS) is 12.4. The summed E-state index contributed by atoms with van der Waals surface area (Å²) in [7, 11) is 0. The second-order valence-corrected chi connectivity index (χ2v) is 5.84. The van der Waals surface area contributed by atoms with Crippen molar-refractivity contribution in [2.45, 2.75) is 19.4 Å². The highest BCUT2D eigenvalue weighted by Crippen LogP contribution is 2.28. The van der Waals surface area contributed by atoms with Crippen molar-refractivity contribution in [2.75, 3.05) is 0 Å². The number of rotatable bonds is 4. The molecule has 2 aromatic rings. The minimum Gasteiger partial charge on any atom is -0.271 e. The first-order valence-corrected chi connectivity index (χ1v) is 7.24. The fourth-order valence-corrected chi connectivity index (χ4v) is 2.91. The van der Waals surface area contributed by atoms with Gasteiger partial charge in [-0.3, -0.25) is 11.3 Å². The molecule has 0 aliphatic rings. The Bertz CT molecular complexity index is 572. The number of nitrogens with one attached hydrogen (secondary N) is 1. The highest BCUT2D eigenvalue weighted by atomic mass is 79.9. The maximum absolute atomic E-state index is 6.28. The average molecular weight is 340 g/mol. The molecule has 0 heterocycles. The van der Waals surface area contributed by atoms with Crippen molar-refractivity contribution in [3.05, 3.63) is 68.7 Å². The predicted molar refractivity (Wildman–Crippen MR) is 84.1 cm³/mol. The van der Waals surface area contributed by atoms with Gasteiger partial charge in [-0.15, -0.1) is 0 Å². The van der Waals surface area contributed by atoms with Crippen LogP contribution in [0.3, 0.4) is 0 Å². The van der Waals surface area contributed by atoms with Crippen LogP contribution in [-0.4, -0.2) is 0 Å². The Hall–Kier alpha value is -0.870. The van der Waals surface area contributed by atoms with Gasteiger partial charge >= 0.3 is 0 Å². The van der Waals surface area contributed by atoms with Gasteiger partial charge in [0.25, 0.3) is 0 Å². The van der Waals surface area contributed by atoms with Crippen molar-refractivity contribution >= 4 is 27.5 Å². The summed E-state index contributed by atoms with van der Waals surface area (Å²) in [5.41, 5.74) is 6.39. The Morgan fingerprint density at radius 1 is 1.26 bits per heavy atom. The molecule has 0 aliphatic heterocycles. The van der Waals surface area contributed by atoms with E-state index in [2.05, 4.69) is 40.4 Å². The number of aryl methyl sites for hydroxylation is 1. The van der Waals surface area contributed by atoms with E-state index >= 15 is 0 Å². The lowest BCUT2D eigenvalue weighted by Crippen LogP contribution is -2.30. The molecule has 0 aromatic heterocycles. The van der Waals surface area contributed by atoms with Crippen LogP contribution in [0.5, 0.6) is 0 Å². The zero-order valence-corrected chi connectivity index (χ0v) is 13.0. The molecule has 0 amide bonds. The van der Waals surface area contributed by atoms with Crippen LogP contribution in [0, 0.1) is 6.92 Å². The van der Waals surface area contributed by atoms with Gasteiger partial charge in [-0.1, -0.05) is 57.9 Å². The average Bonchev–Trinajstić information content (AvgIpc) is 2.39. The number of hydrazine groups is 1. The summed E-state index contributed by atoms with van der Waals surface area (Å²) in [5.74, 6) is 5.69. The summed E-state index contributed by atoms with van der Waals surface area (Å²) in [4.78, 5) is 0. The SMILES string of the molecule is Cc1ccccc1CC(NN)c1ccc(Br)cc1Cl. The lowest BCUT2D eigenvalue weighted by atomic mass is 9.96. The molecule has 2 aromatic carbocycles. The Balaban J connectivity index is 2.28. The fraction of sp³-hybridized carbons (Fsp3) is 0.200. The van der Waals surface area contributed by atoms with Gasteiger partial charge in [0.1, 0.15) is 0 Å². The molecule has 0 saturated carbocycles. The van der Waals surface area contributed by atoms with E-state index in [1.165, 1.54) is 11.1 Å². The third-order valence-corrected chi connectivity index (χ3v) is 4.04. The molecule has 2 nitrogen and oxygen atoms in total. The number of hydrogen-bond donors (Lipinski definition) is 2. The summed E-state index contributed by atoms with van der Waals surface area (Å²) < 4.78 is 0.966. The van der Waals surface area contributed by atoms with Crippen molar-refractivity contribution in [3.8, 4) is 0 Å². The van der Waals surface area contributed by atoms with Gasteiger partial charge in [0.2, 0.25) is 0 Å². The number of nitrogens with two attached hydrogens (primary N) is 1. The van der Waals surface area contributed by atoms with Gasteiger partial charge in [0.05, 0.1) is 6.04 Å². The van der Waals surface area contributed by atoms with E-state index in [0.717, 1.165) is 16.5 Å². The molecule has 0 radical (unpaired) electrons. The molecule has 0 bridgehead atoms. The van der Waals surface area contributed by atoms with Crippen LogP contribution in [0.4, 0.5) is 0 Å². The summed E-state index contributed by atoms with van der Waals surface area (Å²) in [6.45, 7) is 2.10. The van der Waals surface area contributed by atoms with Crippen molar-refractivity contribution in [2.24, 2.45) is 5.84 Å². The van der Waals surface area contributed by atoms with Crippen LogP contribution >= 0.6 is 27.5 Å². The zero-order chi connectivity index (χ0) is 13.8. The van der Waals surface area contributed by atoms with E-state index in [1.54, 1.807) is 0 Å². The first-order valence-electron chi connectivity index (χ1n) is 6.07. The van der Waals surface area contributed by atoms with Gasteiger partial charge in [0, 0.05) is 9.50 Å². The summed E-state index contributed by atoms with van der Waals surface area (Å²) >= 11 is 9.69. The zero-order valence-electron chi connectivity index (χ0n) is 10.7. The Morgan fingerprint density at radius 3 is 2.63 bits per heavy atom. The highest BCUT2D eigenvalue weighted by molar-refractivity contribution is 9.10. The molecular weight excluding hydrogens is 324 g/mol. The first-order chi connectivity index (χ1) is 9.11. The molecule has 3 N–H and O–H groups in total. The minimum atomic E-state index is 0.00157. The molecule has 0 fully saturated rings. The lowest BCUT2D eigenvalue weighted by Gasteiger charge is -2.19. The van der Waals surface area contributed by atoms with Gasteiger partial charge in [-0.05, 0) is 42.2 Å². The molecule has 0 aliphatic carbocycles. The van der Waals surface area contributed by atoms with Gasteiger partial charge < -0.3 is 0 Å². The van der Waals surface area contributed by atoms with Crippen LogP contribution in [0.25, 0.3) is 0 Å². The lowest BCUT2D eigenvalue weighted by molar-refractivity contribution is 0.551. The van der Waals surface area contributed by atoms with Crippen molar-refractivity contribution in [1.29, 1.82) is 0 Å². The Kier molecular flexibility index (Phi) is 4.99. The first kappa shape index (κ1) is 14.5. The molecule has 0 saturated heterocycles. The summed E-state index contributed by atoms with van der Waals surface area (Å²) in [5, 5.41) is 0.714. The van der Waals surface area contributed by atoms with Gasteiger partial charge in [-0.25, -0.2) is 0 Å². The monoisotopic (exact) mass is 338 g/mol. The maximum atomic E-state index is 6.28. The molecule has 100 valence electrons.